The Balaban J connectivity index is 1.89. The molecule has 0 spiro atoms. The molecule has 0 aromatic carbocycles. The summed E-state index contributed by atoms with van der Waals surface area (Å²) in [6.45, 7) is 4.96. The van der Waals surface area contributed by atoms with Gasteiger partial charge in [0.05, 0.1) is 0 Å². The van der Waals surface area contributed by atoms with Crippen LogP contribution in [0.3, 0.4) is 0 Å². The molecule has 0 aliphatic carbocycles. The fraction of sp³-hybridized carbons (Fsp3) is 0.556. The van der Waals surface area contributed by atoms with Crippen LogP contribution in [0.4, 0.5) is 0 Å². The van der Waals surface area contributed by atoms with Gasteiger partial charge in [-0.1, -0.05) is 23.2 Å². The SMILES string of the molecule is Cl/C=C(/Cl)CN1CC2=C(CNC2)C1. The molecule has 0 saturated carbocycles. The lowest BCUT2D eigenvalue weighted by Gasteiger charge is -2.16. The Kier molecular flexibility index (Phi) is 2.94. The van der Waals surface area contributed by atoms with Gasteiger partial charge in [-0.15, -0.1) is 0 Å². The zero-order chi connectivity index (χ0) is 9.26. The molecular weight excluding hydrogens is 207 g/mol. The third-order valence-electron chi connectivity index (χ3n) is 2.50. The third kappa shape index (κ3) is 2.08. The fourth-order valence-electron chi connectivity index (χ4n) is 1.91. The molecule has 2 rings (SSSR count). The summed E-state index contributed by atoms with van der Waals surface area (Å²) in [5, 5.41) is 4.06. The summed E-state index contributed by atoms with van der Waals surface area (Å²) in [6, 6.07) is 0. The predicted octanol–water partition coefficient (Wildman–Crippen LogP) is 1.52. The lowest BCUT2D eigenvalue weighted by atomic mass is 10.2. The largest absolute Gasteiger partial charge is 0.309 e. The van der Waals surface area contributed by atoms with Crippen molar-refractivity contribution in [1.29, 1.82) is 0 Å². The maximum atomic E-state index is 5.86. The summed E-state index contributed by atoms with van der Waals surface area (Å²) in [6.07, 6.45) is 0. The normalized spacial score (nSPS) is 24.3. The van der Waals surface area contributed by atoms with Crippen molar-refractivity contribution in [2.75, 3.05) is 32.7 Å². The van der Waals surface area contributed by atoms with E-state index in [0.717, 1.165) is 37.8 Å². The first-order valence-electron chi connectivity index (χ1n) is 4.37. The maximum Gasteiger partial charge on any atom is 0.0434 e. The second kappa shape index (κ2) is 4.01. The monoisotopic (exact) mass is 218 g/mol. The van der Waals surface area contributed by atoms with Crippen LogP contribution >= 0.6 is 23.2 Å². The van der Waals surface area contributed by atoms with E-state index in [1.165, 1.54) is 5.54 Å². The van der Waals surface area contributed by atoms with Gasteiger partial charge in [0.1, 0.15) is 0 Å². The Labute approximate surface area is 88.2 Å². The van der Waals surface area contributed by atoms with Gasteiger partial charge in [-0.3, -0.25) is 4.90 Å². The highest BCUT2D eigenvalue weighted by atomic mass is 35.5. The molecule has 0 saturated heterocycles. The Morgan fingerprint density at radius 3 is 2.54 bits per heavy atom. The minimum Gasteiger partial charge on any atom is -0.309 e. The minimum absolute atomic E-state index is 0.718. The highest BCUT2D eigenvalue weighted by molar-refractivity contribution is 6.36. The average molecular weight is 219 g/mol. The van der Waals surface area contributed by atoms with Gasteiger partial charge in [-0.25, -0.2) is 0 Å². The fourth-order valence-corrected chi connectivity index (χ4v) is 2.14. The molecule has 4 heteroatoms. The summed E-state index contributed by atoms with van der Waals surface area (Å²) in [7, 11) is 0. The van der Waals surface area contributed by atoms with E-state index in [1.54, 1.807) is 11.1 Å². The van der Waals surface area contributed by atoms with Gasteiger partial charge >= 0.3 is 0 Å². The van der Waals surface area contributed by atoms with Crippen molar-refractivity contribution in [2.24, 2.45) is 0 Å². The standard InChI is InChI=1S/C9H12Cl2N2/c10-1-9(11)6-13-4-7-2-12-3-8(7)5-13/h1,12H,2-6H2/b9-1+. The molecule has 2 nitrogen and oxygen atoms in total. The van der Waals surface area contributed by atoms with Gasteiger partial charge in [-0.05, 0) is 11.1 Å². The van der Waals surface area contributed by atoms with Gasteiger partial charge in [0.15, 0.2) is 0 Å². The van der Waals surface area contributed by atoms with Gasteiger partial charge in [0.25, 0.3) is 0 Å². The number of hydrogen-bond donors (Lipinski definition) is 1. The molecule has 0 aromatic rings. The number of halogens is 2. The van der Waals surface area contributed by atoms with E-state index in [2.05, 4.69) is 10.2 Å². The second-order valence-electron chi connectivity index (χ2n) is 3.51. The zero-order valence-electron chi connectivity index (χ0n) is 7.32. The van der Waals surface area contributed by atoms with Crippen molar-refractivity contribution in [3.63, 3.8) is 0 Å². The molecule has 0 amide bonds. The molecule has 72 valence electrons. The lowest BCUT2D eigenvalue weighted by Crippen LogP contribution is -2.27. The van der Waals surface area contributed by atoms with Gasteiger partial charge in [0.2, 0.25) is 0 Å². The minimum atomic E-state index is 0.718. The number of nitrogens with zero attached hydrogens (tertiary/aromatic N) is 1. The van der Waals surface area contributed by atoms with E-state index in [9.17, 15) is 0 Å². The molecule has 0 aromatic heterocycles. The van der Waals surface area contributed by atoms with Crippen molar-refractivity contribution in [1.82, 2.24) is 10.2 Å². The van der Waals surface area contributed by atoms with Crippen LogP contribution in [-0.4, -0.2) is 37.6 Å². The first-order valence-corrected chi connectivity index (χ1v) is 5.18. The Morgan fingerprint density at radius 2 is 2.00 bits per heavy atom. The van der Waals surface area contributed by atoms with Crippen LogP contribution in [0.25, 0.3) is 0 Å². The highest BCUT2D eigenvalue weighted by Gasteiger charge is 2.24. The zero-order valence-corrected chi connectivity index (χ0v) is 8.83. The molecular formula is C9H12Cl2N2. The molecule has 0 bridgehead atoms. The summed E-state index contributed by atoms with van der Waals surface area (Å²) in [5.74, 6) is 0. The van der Waals surface area contributed by atoms with E-state index >= 15 is 0 Å². The van der Waals surface area contributed by atoms with Crippen molar-refractivity contribution in [3.05, 3.63) is 21.7 Å². The van der Waals surface area contributed by atoms with E-state index < -0.39 is 0 Å². The maximum absolute atomic E-state index is 5.86. The molecule has 0 atom stereocenters. The molecule has 13 heavy (non-hydrogen) atoms. The van der Waals surface area contributed by atoms with E-state index in [0.29, 0.717) is 0 Å². The molecule has 0 unspecified atom stereocenters. The Hall–Kier alpha value is -0.0200. The van der Waals surface area contributed by atoms with Crippen LogP contribution in [0.1, 0.15) is 0 Å². The van der Waals surface area contributed by atoms with Crippen LogP contribution in [0.5, 0.6) is 0 Å². The van der Waals surface area contributed by atoms with Crippen LogP contribution in [-0.2, 0) is 0 Å². The number of rotatable bonds is 2. The van der Waals surface area contributed by atoms with Gasteiger partial charge in [0, 0.05) is 43.3 Å². The first-order chi connectivity index (χ1) is 6.29. The topological polar surface area (TPSA) is 15.3 Å². The number of hydrogen-bond acceptors (Lipinski definition) is 2. The lowest BCUT2D eigenvalue weighted by molar-refractivity contribution is 0.372. The Bertz CT molecular complexity index is 255. The van der Waals surface area contributed by atoms with Crippen LogP contribution in [0.15, 0.2) is 21.7 Å². The van der Waals surface area contributed by atoms with Crippen molar-refractivity contribution in [3.8, 4) is 0 Å². The highest BCUT2D eigenvalue weighted by Crippen LogP contribution is 2.21. The summed E-state index contributed by atoms with van der Waals surface area (Å²) in [5.41, 5.74) is 4.53. The summed E-state index contributed by atoms with van der Waals surface area (Å²) < 4.78 is 0. The predicted molar refractivity (Wildman–Crippen MR) is 56.1 cm³/mol. The number of nitrogens with one attached hydrogen (secondary N) is 1. The van der Waals surface area contributed by atoms with Crippen molar-refractivity contribution in [2.45, 2.75) is 0 Å². The summed E-state index contributed by atoms with van der Waals surface area (Å²) in [4.78, 5) is 2.31. The summed E-state index contributed by atoms with van der Waals surface area (Å²) >= 11 is 11.4. The van der Waals surface area contributed by atoms with E-state index in [4.69, 9.17) is 23.2 Å². The van der Waals surface area contributed by atoms with Gasteiger partial charge in [-0.2, -0.15) is 0 Å². The van der Waals surface area contributed by atoms with Crippen molar-refractivity contribution >= 4 is 23.2 Å². The van der Waals surface area contributed by atoms with Crippen LogP contribution < -0.4 is 5.32 Å². The van der Waals surface area contributed by atoms with Crippen LogP contribution in [0.2, 0.25) is 0 Å². The van der Waals surface area contributed by atoms with Crippen LogP contribution in [0, 0.1) is 0 Å². The third-order valence-corrected chi connectivity index (χ3v) is 3.10. The molecule has 2 aliphatic heterocycles. The molecule has 0 fully saturated rings. The molecule has 2 aliphatic rings. The molecule has 1 N–H and O–H groups in total. The van der Waals surface area contributed by atoms with E-state index in [1.807, 2.05) is 0 Å². The van der Waals surface area contributed by atoms with E-state index in [-0.39, 0.29) is 0 Å². The second-order valence-corrected chi connectivity index (χ2v) is 4.22. The first kappa shape index (κ1) is 9.53. The van der Waals surface area contributed by atoms with Gasteiger partial charge < -0.3 is 5.32 Å². The smallest absolute Gasteiger partial charge is 0.0434 e. The molecule has 2 heterocycles. The quantitative estimate of drug-likeness (QED) is 0.708. The average Bonchev–Trinajstić information content (AvgIpc) is 2.63. The van der Waals surface area contributed by atoms with Crippen molar-refractivity contribution < 1.29 is 0 Å². The Morgan fingerprint density at radius 1 is 1.38 bits per heavy atom. The molecule has 0 radical (unpaired) electrons.